The van der Waals surface area contributed by atoms with Crippen molar-refractivity contribution >= 4 is 6.16 Å². The second-order valence-corrected chi connectivity index (χ2v) is 0.283. The molecule has 0 fully saturated rings. The fourth-order valence-corrected chi connectivity index (χ4v) is 0. The van der Waals surface area contributed by atoms with Crippen LogP contribution in [0.25, 0.3) is 0 Å². The van der Waals surface area contributed by atoms with Crippen LogP contribution in [0.3, 0.4) is 0 Å². The number of rotatable bonds is 0. The molecular formula is C2H3NO3. The van der Waals surface area contributed by atoms with E-state index in [1.54, 1.807) is 0 Å². The lowest BCUT2D eigenvalue weighted by atomic mass is 11.5. The summed E-state index contributed by atoms with van der Waals surface area (Å²) >= 11 is 0. The number of nitriles is 1. The highest BCUT2D eigenvalue weighted by Crippen LogP contribution is 1.42. The van der Waals surface area contributed by atoms with Crippen LogP contribution in [0.15, 0.2) is 0 Å². The molecule has 0 unspecified atom stereocenters. The van der Waals surface area contributed by atoms with Gasteiger partial charge >= 0.3 is 6.16 Å². The molecule has 0 spiro atoms. The molecule has 4 nitrogen and oxygen atoms in total. The third-order valence-electron chi connectivity index (χ3n) is 0. The number of carbonyl (C=O) groups is 1. The van der Waals surface area contributed by atoms with Gasteiger partial charge in [-0.1, -0.05) is 0 Å². The molecule has 0 bridgehead atoms. The predicted molar refractivity (Wildman–Crippen MR) is 17.3 cm³/mol. The molecular weight excluding hydrogens is 86.0 g/mol. The zero-order valence-corrected chi connectivity index (χ0v) is 2.83. The molecule has 6 heavy (non-hydrogen) atoms. The molecule has 0 rings (SSSR count). The van der Waals surface area contributed by atoms with Crippen LogP contribution in [0.2, 0.25) is 0 Å². The van der Waals surface area contributed by atoms with E-state index in [-0.39, 0.29) is 0 Å². The van der Waals surface area contributed by atoms with Crippen LogP contribution in [0.5, 0.6) is 0 Å². The molecule has 0 aliphatic heterocycles. The highest BCUT2D eigenvalue weighted by Gasteiger charge is 1.70. The fraction of sp³-hybridized carbons (Fsp3) is 0. The second-order valence-electron chi connectivity index (χ2n) is 0.283. The van der Waals surface area contributed by atoms with Gasteiger partial charge in [0.05, 0.1) is 0 Å². The standard InChI is InChI=1S/CHN.CH2O3/c1-2;2-1(3)4/h1H;(H2,2,3,4). The van der Waals surface area contributed by atoms with Gasteiger partial charge in [-0.05, 0) is 0 Å². The van der Waals surface area contributed by atoms with Crippen LogP contribution >= 0.6 is 0 Å². The van der Waals surface area contributed by atoms with Gasteiger partial charge in [0, 0.05) is 6.57 Å². The van der Waals surface area contributed by atoms with Crippen molar-refractivity contribution in [3.8, 4) is 6.57 Å². The monoisotopic (exact) mass is 89.0 g/mol. The quantitative estimate of drug-likeness (QED) is 0.449. The van der Waals surface area contributed by atoms with E-state index in [1.165, 1.54) is 0 Å². The average molecular weight is 89.0 g/mol. The Bertz CT molecular complexity index is 53.1. The molecule has 34 valence electrons. The van der Waals surface area contributed by atoms with Crippen molar-refractivity contribution in [2.45, 2.75) is 0 Å². The average Bonchev–Trinajstić information content (AvgIpc) is 1.41. The summed E-state index contributed by atoms with van der Waals surface area (Å²) in [7, 11) is 0. The summed E-state index contributed by atoms with van der Waals surface area (Å²) in [5, 5.41) is 20.4. The Morgan fingerprint density at radius 3 is 1.50 bits per heavy atom. The fourth-order valence-electron chi connectivity index (χ4n) is 0. The van der Waals surface area contributed by atoms with Crippen molar-refractivity contribution in [1.29, 1.82) is 5.26 Å². The first-order valence-corrected chi connectivity index (χ1v) is 0.910. The molecule has 2 N–H and O–H groups in total. The van der Waals surface area contributed by atoms with Gasteiger partial charge < -0.3 is 10.2 Å². The van der Waals surface area contributed by atoms with E-state index in [1.807, 2.05) is 0 Å². The van der Waals surface area contributed by atoms with Crippen molar-refractivity contribution in [1.82, 2.24) is 0 Å². The lowest BCUT2D eigenvalue weighted by Crippen LogP contribution is -1.81. The van der Waals surface area contributed by atoms with Crippen LogP contribution < -0.4 is 0 Å². The first-order valence-electron chi connectivity index (χ1n) is 0.910. The molecule has 0 aromatic carbocycles. The summed E-state index contributed by atoms with van der Waals surface area (Å²) in [5.74, 6) is 0. The molecule has 0 atom stereocenters. The third kappa shape index (κ3) is 5.56. The van der Waals surface area contributed by atoms with E-state index >= 15 is 0 Å². The minimum absolute atomic E-state index is 1.83. The highest BCUT2D eigenvalue weighted by molar-refractivity contribution is 5.53. The lowest BCUT2D eigenvalue weighted by molar-refractivity contribution is 0.137. The molecule has 0 radical (unpaired) electrons. The van der Waals surface area contributed by atoms with Crippen LogP contribution in [0.1, 0.15) is 0 Å². The Morgan fingerprint density at radius 1 is 1.50 bits per heavy atom. The van der Waals surface area contributed by atoms with Gasteiger partial charge in [-0.15, -0.1) is 0 Å². The number of hydrogen-bond donors (Lipinski definition) is 2. The molecule has 4 heteroatoms. The van der Waals surface area contributed by atoms with Gasteiger partial charge in [-0.25, -0.2) is 10.1 Å². The van der Waals surface area contributed by atoms with Crippen molar-refractivity contribution < 1.29 is 15.0 Å². The van der Waals surface area contributed by atoms with Crippen molar-refractivity contribution in [3.63, 3.8) is 0 Å². The van der Waals surface area contributed by atoms with Crippen LogP contribution in [0, 0.1) is 11.8 Å². The maximum atomic E-state index is 8.56. The summed E-state index contributed by atoms with van der Waals surface area (Å²) in [6.45, 7) is 3.50. The first kappa shape index (κ1) is 8.83. The first-order chi connectivity index (χ1) is 2.73. The predicted octanol–water partition coefficient (Wildman–Crippen LogP) is 0.362. The smallest absolute Gasteiger partial charge is 0.450 e. The van der Waals surface area contributed by atoms with Crippen molar-refractivity contribution in [3.05, 3.63) is 0 Å². The maximum absolute atomic E-state index is 8.56. The Balaban J connectivity index is 0. The molecule has 0 saturated carbocycles. The van der Waals surface area contributed by atoms with E-state index in [0.29, 0.717) is 0 Å². The Hall–Kier alpha value is -1.24. The molecule has 0 aliphatic rings. The van der Waals surface area contributed by atoms with Crippen LogP contribution in [0.4, 0.5) is 4.79 Å². The van der Waals surface area contributed by atoms with Gasteiger partial charge in [0.1, 0.15) is 0 Å². The lowest BCUT2D eigenvalue weighted by Gasteiger charge is -1.60. The summed E-state index contributed by atoms with van der Waals surface area (Å²) in [6.07, 6.45) is -1.83. The number of nitrogens with zero attached hydrogens (tertiary/aromatic N) is 1. The zero-order chi connectivity index (χ0) is 5.58. The van der Waals surface area contributed by atoms with Gasteiger partial charge in [-0.2, -0.15) is 0 Å². The van der Waals surface area contributed by atoms with E-state index in [4.69, 9.17) is 20.3 Å². The number of carboxylic acid groups (broad SMARTS) is 2. The Morgan fingerprint density at radius 2 is 1.50 bits per heavy atom. The summed E-state index contributed by atoms with van der Waals surface area (Å²) in [4.78, 5) is 8.56. The minimum atomic E-state index is -1.83. The molecule has 0 aliphatic carbocycles. The molecule has 0 aromatic rings. The summed E-state index contributed by atoms with van der Waals surface area (Å²) in [6, 6.07) is 0. The minimum Gasteiger partial charge on any atom is -0.450 e. The molecule has 0 saturated heterocycles. The van der Waals surface area contributed by atoms with E-state index in [2.05, 4.69) is 6.57 Å². The molecule has 0 amide bonds. The van der Waals surface area contributed by atoms with Gasteiger partial charge in [0.25, 0.3) is 0 Å². The molecule has 0 heterocycles. The Kier molecular flexibility index (Phi) is 13.6. The second kappa shape index (κ2) is 9.25. The molecule has 0 aromatic heterocycles. The van der Waals surface area contributed by atoms with E-state index in [9.17, 15) is 0 Å². The third-order valence-corrected chi connectivity index (χ3v) is 0. The van der Waals surface area contributed by atoms with Crippen molar-refractivity contribution in [2.24, 2.45) is 0 Å². The van der Waals surface area contributed by atoms with Gasteiger partial charge in [-0.3, -0.25) is 0 Å². The summed E-state index contributed by atoms with van der Waals surface area (Å²) in [5.41, 5.74) is 0. The van der Waals surface area contributed by atoms with Crippen molar-refractivity contribution in [2.75, 3.05) is 0 Å². The topological polar surface area (TPSA) is 81.3 Å². The Labute approximate surface area is 34.3 Å². The SMILES string of the molecule is C#N.O=C(O)O. The maximum Gasteiger partial charge on any atom is 0.503 e. The van der Waals surface area contributed by atoms with E-state index < -0.39 is 6.16 Å². The van der Waals surface area contributed by atoms with Gasteiger partial charge in [0.15, 0.2) is 0 Å². The number of hydrogen-bond acceptors (Lipinski definition) is 2. The highest BCUT2D eigenvalue weighted by atomic mass is 16.6. The zero-order valence-electron chi connectivity index (χ0n) is 2.83. The van der Waals surface area contributed by atoms with Crippen LogP contribution in [-0.2, 0) is 0 Å². The largest absolute Gasteiger partial charge is 0.503 e. The summed E-state index contributed by atoms with van der Waals surface area (Å²) < 4.78 is 0. The van der Waals surface area contributed by atoms with E-state index in [0.717, 1.165) is 0 Å². The van der Waals surface area contributed by atoms with Gasteiger partial charge in [0.2, 0.25) is 0 Å². The normalized spacial score (nSPS) is 4.33. The van der Waals surface area contributed by atoms with Crippen LogP contribution in [-0.4, -0.2) is 16.4 Å².